The molecular weight excluding hydrogens is 246 g/mol. The second-order valence-corrected chi connectivity index (χ2v) is 5.51. The van der Waals surface area contributed by atoms with Crippen LogP contribution in [0.15, 0.2) is 17.5 Å². The average Bonchev–Trinajstić information content (AvgIpc) is 2.80. The number of Topliss-reactive ketones (excluding diaryl/α,β-unsaturated/α-hetero) is 1. The first-order chi connectivity index (χ1) is 8.65. The van der Waals surface area contributed by atoms with Crippen molar-refractivity contribution in [2.75, 3.05) is 5.73 Å². The van der Waals surface area contributed by atoms with Crippen molar-refractivity contribution >= 4 is 23.1 Å². The summed E-state index contributed by atoms with van der Waals surface area (Å²) < 4.78 is 0. The molecule has 3 rings (SSSR count). The number of carbonyl (C=O) groups excluding carboxylic acids is 1. The van der Waals surface area contributed by atoms with Gasteiger partial charge in [0.1, 0.15) is 0 Å². The zero-order chi connectivity index (χ0) is 12.7. The van der Waals surface area contributed by atoms with Crippen molar-refractivity contribution in [1.82, 2.24) is 9.97 Å². The van der Waals surface area contributed by atoms with Crippen molar-refractivity contribution in [1.29, 1.82) is 0 Å². The number of nitrogens with two attached hydrogens (primary N) is 1. The van der Waals surface area contributed by atoms with Crippen LogP contribution in [0.25, 0.3) is 0 Å². The molecule has 0 saturated heterocycles. The SMILES string of the molecule is Cc1nc(N)nc2c1C(=O)CC(c1cccs1)C2. The molecule has 2 aromatic rings. The largest absolute Gasteiger partial charge is 0.368 e. The van der Waals surface area contributed by atoms with Gasteiger partial charge in [-0.15, -0.1) is 11.3 Å². The average molecular weight is 259 g/mol. The zero-order valence-electron chi connectivity index (χ0n) is 10.0. The number of nitrogens with zero attached hydrogens (tertiary/aromatic N) is 2. The number of carbonyl (C=O) groups is 1. The van der Waals surface area contributed by atoms with Gasteiger partial charge in [-0.05, 0) is 24.8 Å². The summed E-state index contributed by atoms with van der Waals surface area (Å²) in [5.41, 5.74) is 7.84. The number of rotatable bonds is 1. The predicted octanol–water partition coefficient (Wildman–Crippen LogP) is 2.34. The number of ketones is 1. The quantitative estimate of drug-likeness (QED) is 0.853. The third-order valence-corrected chi connectivity index (χ3v) is 4.31. The molecule has 0 radical (unpaired) electrons. The van der Waals surface area contributed by atoms with E-state index in [0.29, 0.717) is 17.7 Å². The molecule has 18 heavy (non-hydrogen) atoms. The summed E-state index contributed by atoms with van der Waals surface area (Å²) in [4.78, 5) is 21.8. The first kappa shape index (κ1) is 11.3. The highest BCUT2D eigenvalue weighted by Gasteiger charge is 2.29. The Morgan fingerprint density at radius 1 is 1.39 bits per heavy atom. The Balaban J connectivity index is 2.04. The van der Waals surface area contributed by atoms with E-state index in [1.807, 2.05) is 18.4 Å². The fourth-order valence-electron chi connectivity index (χ4n) is 2.52. The van der Waals surface area contributed by atoms with Gasteiger partial charge in [0, 0.05) is 17.2 Å². The summed E-state index contributed by atoms with van der Waals surface area (Å²) in [6.45, 7) is 1.82. The van der Waals surface area contributed by atoms with E-state index in [1.165, 1.54) is 4.88 Å². The zero-order valence-corrected chi connectivity index (χ0v) is 10.8. The predicted molar refractivity (Wildman–Crippen MR) is 70.9 cm³/mol. The Labute approximate surface area is 109 Å². The molecule has 0 fully saturated rings. The maximum atomic E-state index is 12.2. The van der Waals surface area contributed by atoms with E-state index in [9.17, 15) is 4.79 Å². The molecule has 0 saturated carbocycles. The topological polar surface area (TPSA) is 68.9 Å². The van der Waals surface area contributed by atoms with Crippen molar-refractivity contribution in [3.05, 3.63) is 39.3 Å². The fourth-order valence-corrected chi connectivity index (χ4v) is 3.35. The van der Waals surface area contributed by atoms with Crippen LogP contribution in [0.3, 0.4) is 0 Å². The van der Waals surface area contributed by atoms with Gasteiger partial charge in [-0.1, -0.05) is 6.07 Å². The molecule has 5 heteroatoms. The highest BCUT2D eigenvalue weighted by atomic mass is 32.1. The summed E-state index contributed by atoms with van der Waals surface area (Å²) in [5.74, 6) is 0.622. The lowest BCUT2D eigenvalue weighted by Gasteiger charge is -2.22. The van der Waals surface area contributed by atoms with Gasteiger partial charge in [0.2, 0.25) is 5.95 Å². The number of anilines is 1. The van der Waals surface area contributed by atoms with Crippen LogP contribution in [-0.4, -0.2) is 15.8 Å². The summed E-state index contributed by atoms with van der Waals surface area (Å²) >= 11 is 1.69. The molecule has 0 amide bonds. The molecule has 0 aliphatic heterocycles. The van der Waals surface area contributed by atoms with Gasteiger partial charge in [-0.25, -0.2) is 9.97 Å². The van der Waals surface area contributed by atoms with Gasteiger partial charge in [0.25, 0.3) is 0 Å². The van der Waals surface area contributed by atoms with Gasteiger partial charge in [-0.3, -0.25) is 4.79 Å². The molecule has 2 heterocycles. The van der Waals surface area contributed by atoms with E-state index in [4.69, 9.17) is 5.73 Å². The minimum absolute atomic E-state index is 0.132. The number of hydrogen-bond donors (Lipinski definition) is 1. The summed E-state index contributed by atoms with van der Waals surface area (Å²) in [7, 11) is 0. The maximum Gasteiger partial charge on any atom is 0.220 e. The van der Waals surface area contributed by atoms with E-state index in [0.717, 1.165) is 12.1 Å². The van der Waals surface area contributed by atoms with E-state index in [-0.39, 0.29) is 17.6 Å². The molecule has 92 valence electrons. The van der Waals surface area contributed by atoms with Crippen LogP contribution < -0.4 is 5.73 Å². The first-order valence-electron chi connectivity index (χ1n) is 5.84. The van der Waals surface area contributed by atoms with Gasteiger partial charge < -0.3 is 5.73 Å². The molecule has 2 N–H and O–H groups in total. The minimum atomic E-state index is 0.132. The summed E-state index contributed by atoms with van der Waals surface area (Å²) in [6, 6.07) is 4.09. The van der Waals surface area contributed by atoms with Crippen LogP contribution in [0.2, 0.25) is 0 Å². The Kier molecular flexibility index (Phi) is 2.63. The highest BCUT2D eigenvalue weighted by Crippen LogP contribution is 2.34. The lowest BCUT2D eigenvalue weighted by Crippen LogP contribution is -2.22. The molecule has 1 aliphatic rings. The fraction of sp³-hybridized carbons (Fsp3) is 0.308. The molecule has 2 aromatic heterocycles. The Hall–Kier alpha value is -1.75. The maximum absolute atomic E-state index is 12.2. The monoisotopic (exact) mass is 259 g/mol. The van der Waals surface area contributed by atoms with E-state index in [2.05, 4.69) is 16.0 Å². The highest BCUT2D eigenvalue weighted by molar-refractivity contribution is 7.10. The van der Waals surface area contributed by atoms with Crippen LogP contribution in [-0.2, 0) is 6.42 Å². The van der Waals surface area contributed by atoms with Crippen molar-refractivity contribution in [2.45, 2.75) is 25.7 Å². The lowest BCUT2D eigenvalue weighted by atomic mass is 9.84. The number of aryl methyl sites for hydroxylation is 1. The van der Waals surface area contributed by atoms with Gasteiger partial charge in [0.15, 0.2) is 5.78 Å². The third-order valence-electron chi connectivity index (χ3n) is 3.28. The number of thiophene rings is 1. The van der Waals surface area contributed by atoms with Crippen molar-refractivity contribution in [2.24, 2.45) is 0 Å². The van der Waals surface area contributed by atoms with E-state index < -0.39 is 0 Å². The standard InChI is InChI=1S/C13H13N3OS/c1-7-12-9(16-13(14)15-7)5-8(6-10(12)17)11-3-2-4-18-11/h2-4,8H,5-6H2,1H3,(H2,14,15,16). The Morgan fingerprint density at radius 3 is 2.94 bits per heavy atom. The van der Waals surface area contributed by atoms with Crippen molar-refractivity contribution in [3.8, 4) is 0 Å². The van der Waals surface area contributed by atoms with Crippen LogP contribution in [0.5, 0.6) is 0 Å². The molecule has 4 nitrogen and oxygen atoms in total. The smallest absolute Gasteiger partial charge is 0.220 e. The van der Waals surface area contributed by atoms with Crippen LogP contribution >= 0.6 is 11.3 Å². The summed E-state index contributed by atoms with van der Waals surface area (Å²) in [6.07, 6.45) is 1.32. The molecular formula is C13H13N3OS. The second-order valence-electron chi connectivity index (χ2n) is 4.53. The van der Waals surface area contributed by atoms with Gasteiger partial charge >= 0.3 is 0 Å². The number of fused-ring (bicyclic) bond motifs is 1. The normalized spacial score (nSPS) is 18.7. The van der Waals surface area contributed by atoms with Crippen molar-refractivity contribution in [3.63, 3.8) is 0 Å². The molecule has 0 bridgehead atoms. The first-order valence-corrected chi connectivity index (χ1v) is 6.72. The molecule has 0 spiro atoms. The van der Waals surface area contributed by atoms with Gasteiger partial charge in [0.05, 0.1) is 17.0 Å². The van der Waals surface area contributed by atoms with Crippen LogP contribution in [0.4, 0.5) is 5.95 Å². The van der Waals surface area contributed by atoms with Crippen LogP contribution in [0, 0.1) is 6.92 Å². The Bertz CT molecular complexity index is 607. The third kappa shape index (κ3) is 1.80. The number of nitrogen functional groups attached to an aromatic ring is 1. The number of hydrogen-bond acceptors (Lipinski definition) is 5. The Morgan fingerprint density at radius 2 is 2.22 bits per heavy atom. The second kappa shape index (κ2) is 4.17. The molecule has 1 aliphatic carbocycles. The van der Waals surface area contributed by atoms with Crippen molar-refractivity contribution < 1.29 is 4.79 Å². The molecule has 1 atom stereocenters. The number of aromatic nitrogens is 2. The molecule has 1 unspecified atom stereocenters. The minimum Gasteiger partial charge on any atom is -0.368 e. The lowest BCUT2D eigenvalue weighted by molar-refractivity contribution is 0.0962. The van der Waals surface area contributed by atoms with E-state index >= 15 is 0 Å². The van der Waals surface area contributed by atoms with Gasteiger partial charge in [-0.2, -0.15) is 0 Å². The van der Waals surface area contributed by atoms with E-state index in [1.54, 1.807) is 11.3 Å². The molecule has 0 aromatic carbocycles. The summed E-state index contributed by atoms with van der Waals surface area (Å²) in [5, 5.41) is 2.04. The van der Waals surface area contributed by atoms with Crippen LogP contribution in [0.1, 0.15) is 39.0 Å².